The molecule has 0 N–H and O–H groups in total. The summed E-state index contributed by atoms with van der Waals surface area (Å²) in [7, 11) is 2.66. The molecule has 0 bridgehead atoms. The number of methoxy groups -OCH3 is 2. The molecule has 6 nitrogen and oxygen atoms in total. The predicted molar refractivity (Wildman–Crippen MR) is 119 cm³/mol. The van der Waals surface area contributed by atoms with E-state index < -0.39 is 17.9 Å². The smallest absolute Gasteiger partial charge is 0.336 e. The van der Waals surface area contributed by atoms with Gasteiger partial charge in [-0.25, -0.2) is 9.59 Å². The van der Waals surface area contributed by atoms with Crippen molar-refractivity contribution in [2.24, 2.45) is 0 Å². The van der Waals surface area contributed by atoms with Gasteiger partial charge in [-0.2, -0.15) is 0 Å². The van der Waals surface area contributed by atoms with Gasteiger partial charge in [-0.3, -0.25) is 0 Å². The van der Waals surface area contributed by atoms with E-state index in [1.165, 1.54) is 14.2 Å². The predicted octanol–water partition coefficient (Wildman–Crippen LogP) is 4.50. The number of carbonyl (C=O) groups excluding carboxylic acids is 2. The van der Waals surface area contributed by atoms with Crippen LogP contribution in [0.5, 0.6) is 5.75 Å². The number of carbonyl (C=O) groups is 2. The summed E-state index contributed by atoms with van der Waals surface area (Å²) < 4.78 is 15.8. The molecule has 1 heterocycles. The van der Waals surface area contributed by atoms with Crippen molar-refractivity contribution in [1.29, 1.82) is 0 Å². The van der Waals surface area contributed by atoms with Gasteiger partial charge in [0.15, 0.2) is 0 Å². The second kappa shape index (κ2) is 9.98. The summed E-state index contributed by atoms with van der Waals surface area (Å²) in [6.45, 7) is 4.64. The number of benzene rings is 2. The molecule has 6 heteroatoms. The standard InChI is InChI=1S/C25H27NO5/c1-5-13-31-20-11-9-18(10-12-20)23-21(24(27)29-3)15-26(16-22(23)25(28)30-4)19-8-6-7-17(2)14-19/h6-12,14-16,23H,5,13H2,1-4H3. The molecule has 1 aliphatic rings. The van der Waals surface area contributed by atoms with Crippen molar-refractivity contribution < 1.29 is 23.8 Å². The molecule has 0 unspecified atom stereocenters. The van der Waals surface area contributed by atoms with Gasteiger partial charge in [-0.1, -0.05) is 31.2 Å². The molecule has 0 saturated carbocycles. The number of rotatable bonds is 7. The first-order valence-corrected chi connectivity index (χ1v) is 10.2. The summed E-state index contributed by atoms with van der Waals surface area (Å²) in [5.41, 5.74) is 3.33. The molecule has 0 aromatic heterocycles. The minimum absolute atomic E-state index is 0.342. The summed E-state index contributed by atoms with van der Waals surface area (Å²) in [5.74, 6) is -0.914. The number of esters is 2. The summed E-state index contributed by atoms with van der Waals surface area (Å²) in [6.07, 6.45) is 4.32. The molecule has 0 aliphatic carbocycles. The zero-order chi connectivity index (χ0) is 22.4. The second-order valence-electron chi connectivity index (χ2n) is 7.25. The van der Waals surface area contributed by atoms with Crippen LogP contribution in [0.3, 0.4) is 0 Å². The molecule has 0 spiro atoms. The molecule has 0 atom stereocenters. The SMILES string of the molecule is CCCOc1ccc(C2C(C(=O)OC)=CN(c3cccc(C)c3)C=C2C(=O)OC)cc1. The highest BCUT2D eigenvalue weighted by Gasteiger charge is 2.35. The lowest BCUT2D eigenvalue weighted by molar-refractivity contribution is -0.137. The first kappa shape index (κ1) is 22.2. The van der Waals surface area contributed by atoms with Gasteiger partial charge in [-0.05, 0) is 48.7 Å². The van der Waals surface area contributed by atoms with Crippen LogP contribution in [-0.4, -0.2) is 32.8 Å². The van der Waals surface area contributed by atoms with Crippen LogP contribution in [0.4, 0.5) is 5.69 Å². The van der Waals surface area contributed by atoms with Gasteiger partial charge in [0, 0.05) is 18.1 Å². The van der Waals surface area contributed by atoms with Crippen LogP contribution >= 0.6 is 0 Å². The first-order valence-electron chi connectivity index (χ1n) is 10.2. The minimum Gasteiger partial charge on any atom is -0.494 e. The molecule has 0 amide bonds. The maximum atomic E-state index is 12.7. The van der Waals surface area contributed by atoms with Crippen LogP contribution in [0.2, 0.25) is 0 Å². The highest BCUT2D eigenvalue weighted by molar-refractivity contribution is 6.00. The molecule has 31 heavy (non-hydrogen) atoms. The van der Waals surface area contributed by atoms with Crippen molar-refractivity contribution in [2.75, 3.05) is 25.7 Å². The third-order valence-electron chi connectivity index (χ3n) is 5.01. The van der Waals surface area contributed by atoms with E-state index in [2.05, 4.69) is 0 Å². The zero-order valence-electron chi connectivity index (χ0n) is 18.3. The van der Waals surface area contributed by atoms with Crippen molar-refractivity contribution in [3.63, 3.8) is 0 Å². The van der Waals surface area contributed by atoms with E-state index in [1.54, 1.807) is 17.3 Å². The molecular formula is C25H27NO5. The Morgan fingerprint density at radius 3 is 2.06 bits per heavy atom. The fourth-order valence-electron chi connectivity index (χ4n) is 3.50. The van der Waals surface area contributed by atoms with Crippen molar-refractivity contribution >= 4 is 17.6 Å². The Labute approximate surface area is 182 Å². The van der Waals surface area contributed by atoms with E-state index >= 15 is 0 Å². The van der Waals surface area contributed by atoms with Crippen LogP contribution in [0.25, 0.3) is 0 Å². The molecular weight excluding hydrogens is 394 g/mol. The van der Waals surface area contributed by atoms with Gasteiger partial charge in [-0.15, -0.1) is 0 Å². The molecule has 1 aliphatic heterocycles. The normalized spacial score (nSPS) is 13.9. The van der Waals surface area contributed by atoms with Crippen LogP contribution in [-0.2, 0) is 19.1 Å². The molecule has 3 rings (SSSR count). The number of hydrogen-bond donors (Lipinski definition) is 0. The molecule has 0 saturated heterocycles. The fourth-order valence-corrected chi connectivity index (χ4v) is 3.50. The topological polar surface area (TPSA) is 65.1 Å². The Kier molecular flexibility index (Phi) is 7.13. The van der Waals surface area contributed by atoms with Gasteiger partial charge in [0.2, 0.25) is 0 Å². The Morgan fingerprint density at radius 1 is 0.935 bits per heavy atom. The number of nitrogens with zero attached hydrogens (tertiary/aromatic N) is 1. The van der Waals surface area contributed by atoms with Gasteiger partial charge in [0.05, 0.1) is 37.9 Å². The Bertz CT molecular complexity index is 973. The number of anilines is 1. The van der Waals surface area contributed by atoms with Gasteiger partial charge in [0.25, 0.3) is 0 Å². The largest absolute Gasteiger partial charge is 0.494 e. The summed E-state index contributed by atoms with van der Waals surface area (Å²) in [4.78, 5) is 27.2. The van der Waals surface area contributed by atoms with E-state index in [-0.39, 0.29) is 0 Å². The summed E-state index contributed by atoms with van der Waals surface area (Å²) >= 11 is 0. The van der Waals surface area contributed by atoms with E-state index in [0.29, 0.717) is 17.8 Å². The number of ether oxygens (including phenoxy) is 3. The maximum absolute atomic E-state index is 12.7. The van der Waals surface area contributed by atoms with Crippen molar-refractivity contribution in [1.82, 2.24) is 0 Å². The quantitative estimate of drug-likeness (QED) is 0.614. The highest BCUT2D eigenvalue weighted by Crippen LogP contribution is 2.39. The molecule has 2 aromatic carbocycles. The molecule has 162 valence electrons. The average Bonchev–Trinajstić information content (AvgIpc) is 2.81. The summed E-state index contributed by atoms with van der Waals surface area (Å²) in [5, 5.41) is 0. The van der Waals surface area contributed by atoms with E-state index in [9.17, 15) is 9.59 Å². The van der Waals surface area contributed by atoms with Crippen molar-refractivity contribution in [3.8, 4) is 5.75 Å². The van der Waals surface area contributed by atoms with E-state index in [1.807, 2.05) is 62.4 Å². The average molecular weight is 421 g/mol. The molecule has 0 fully saturated rings. The second-order valence-corrected chi connectivity index (χ2v) is 7.25. The van der Waals surface area contributed by atoms with Crippen molar-refractivity contribution in [2.45, 2.75) is 26.2 Å². The Hall–Kier alpha value is -3.54. The maximum Gasteiger partial charge on any atom is 0.336 e. The van der Waals surface area contributed by atoms with Crippen LogP contribution in [0.15, 0.2) is 72.1 Å². The van der Waals surface area contributed by atoms with Crippen LogP contribution in [0.1, 0.15) is 30.4 Å². The lowest BCUT2D eigenvalue weighted by Crippen LogP contribution is -2.28. The number of aryl methyl sites for hydroxylation is 1. The first-order chi connectivity index (χ1) is 15.0. The van der Waals surface area contributed by atoms with E-state index in [4.69, 9.17) is 14.2 Å². The minimum atomic E-state index is -0.624. The lowest BCUT2D eigenvalue weighted by Gasteiger charge is -2.30. The fraction of sp³-hybridized carbons (Fsp3) is 0.280. The van der Waals surface area contributed by atoms with E-state index in [0.717, 1.165) is 29.0 Å². The third-order valence-corrected chi connectivity index (χ3v) is 5.01. The monoisotopic (exact) mass is 421 g/mol. The van der Waals surface area contributed by atoms with Crippen LogP contribution in [0, 0.1) is 6.92 Å². The van der Waals surface area contributed by atoms with Gasteiger partial charge in [0.1, 0.15) is 5.75 Å². The Morgan fingerprint density at radius 2 is 1.55 bits per heavy atom. The molecule has 2 aromatic rings. The lowest BCUT2D eigenvalue weighted by atomic mass is 9.83. The van der Waals surface area contributed by atoms with Gasteiger partial charge < -0.3 is 19.1 Å². The van der Waals surface area contributed by atoms with Crippen LogP contribution < -0.4 is 9.64 Å². The highest BCUT2D eigenvalue weighted by atomic mass is 16.5. The third kappa shape index (κ3) is 4.97. The number of hydrogen-bond acceptors (Lipinski definition) is 6. The van der Waals surface area contributed by atoms with Crippen molar-refractivity contribution in [3.05, 3.63) is 83.2 Å². The molecule has 0 radical (unpaired) electrons. The Balaban J connectivity index is 2.08. The summed E-state index contributed by atoms with van der Waals surface area (Å²) in [6, 6.07) is 15.2. The zero-order valence-corrected chi connectivity index (χ0v) is 18.3. The van der Waals surface area contributed by atoms with Gasteiger partial charge >= 0.3 is 11.9 Å².